The van der Waals surface area contributed by atoms with Gasteiger partial charge in [-0.15, -0.1) is 0 Å². The Kier molecular flexibility index (Phi) is 5.92. The van der Waals surface area contributed by atoms with Gasteiger partial charge >= 0.3 is 5.97 Å². The molecule has 0 heterocycles. The molecular formula is C19H21NO3. The molecule has 0 aliphatic heterocycles. The minimum atomic E-state index is -0.963. The summed E-state index contributed by atoms with van der Waals surface area (Å²) in [5.74, 6) is -0.716. The van der Waals surface area contributed by atoms with E-state index in [0.29, 0.717) is 12.5 Å². The highest BCUT2D eigenvalue weighted by Crippen LogP contribution is 2.18. The summed E-state index contributed by atoms with van der Waals surface area (Å²) in [6.45, 7) is 2.71. The fraction of sp³-hybridized carbons (Fsp3) is 0.263. The maximum Gasteiger partial charge on any atom is 0.335 e. The van der Waals surface area contributed by atoms with Crippen molar-refractivity contribution in [3.8, 4) is 0 Å². The predicted molar refractivity (Wildman–Crippen MR) is 89.6 cm³/mol. The van der Waals surface area contributed by atoms with Crippen LogP contribution in [-0.2, 0) is 11.2 Å². The molecule has 0 aliphatic carbocycles. The van der Waals surface area contributed by atoms with Crippen LogP contribution in [0.25, 0.3) is 0 Å². The molecule has 4 nitrogen and oxygen atoms in total. The number of carboxylic acid groups (broad SMARTS) is 1. The van der Waals surface area contributed by atoms with Gasteiger partial charge in [0.25, 0.3) is 0 Å². The first-order valence-electron chi connectivity index (χ1n) is 7.74. The van der Waals surface area contributed by atoms with E-state index in [0.717, 1.165) is 12.0 Å². The van der Waals surface area contributed by atoms with Crippen LogP contribution >= 0.6 is 0 Å². The lowest BCUT2D eigenvalue weighted by Gasteiger charge is -2.16. The number of carboxylic acids is 1. The largest absolute Gasteiger partial charge is 0.478 e. The van der Waals surface area contributed by atoms with E-state index in [2.05, 4.69) is 24.4 Å². The smallest absolute Gasteiger partial charge is 0.335 e. The number of hydrogen-bond acceptors (Lipinski definition) is 2. The van der Waals surface area contributed by atoms with Crippen LogP contribution in [0, 0.1) is 0 Å². The van der Waals surface area contributed by atoms with Gasteiger partial charge in [-0.1, -0.05) is 49.4 Å². The zero-order chi connectivity index (χ0) is 16.7. The number of carbonyl (C=O) groups is 2. The van der Waals surface area contributed by atoms with Crippen LogP contribution in [0.1, 0.15) is 40.7 Å². The van der Waals surface area contributed by atoms with Crippen molar-refractivity contribution in [1.82, 2.24) is 5.32 Å². The van der Waals surface area contributed by atoms with E-state index in [1.165, 1.54) is 17.7 Å². The molecule has 1 atom stereocenters. The van der Waals surface area contributed by atoms with Crippen molar-refractivity contribution >= 4 is 11.9 Å². The number of nitrogens with one attached hydrogen (secondary N) is 1. The summed E-state index contributed by atoms with van der Waals surface area (Å²) < 4.78 is 0. The second-order valence-corrected chi connectivity index (χ2v) is 5.50. The highest BCUT2D eigenvalue weighted by atomic mass is 16.4. The quantitative estimate of drug-likeness (QED) is 0.825. The zero-order valence-corrected chi connectivity index (χ0v) is 13.2. The lowest BCUT2D eigenvalue weighted by atomic mass is 9.96. The van der Waals surface area contributed by atoms with Crippen molar-refractivity contribution in [3.05, 3.63) is 71.3 Å². The maximum absolute atomic E-state index is 12.1. The van der Waals surface area contributed by atoms with Crippen molar-refractivity contribution in [2.24, 2.45) is 0 Å². The minimum absolute atomic E-state index is 0.0533. The molecule has 0 saturated carbocycles. The van der Waals surface area contributed by atoms with Gasteiger partial charge < -0.3 is 10.4 Å². The molecule has 120 valence electrons. The van der Waals surface area contributed by atoms with Crippen molar-refractivity contribution in [3.63, 3.8) is 0 Å². The summed E-state index contributed by atoms with van der Waals surface area (Å²) in [5, 5.41) is 11.8. The molecule has 2 aromatic rings. The Balaban J connectivity index is 1.88. The lowest BCUT2D eigenvalue weighted by molar-refractivity contribution is -0.120. The third kappa shape index (κ3) is 4.95. The van der Waals surface area contributed by atoms with Gasteiger partial charge in [-0.05, 0) is 29.7 Å². The standard InChI is InChI=1S/C19H21NO3/c1-2-15(16-6-4-3-5-7-16)13-20-18(21)12-14-8-10-17(11-9-14)19(22)23/h3-11,15H,2,12-13H2,1H3,(H,20,21)(H,22,23). The molecule has 1 unspecified atom stereocenters. The Morgan fingerprint density at radius 1 is 1.04 bits per heavy atom. The Morgan fingerprint density at radius 3 is 2.26 bits per heavy atom. The highest BCUT2D eigenvalue weighted by molar-refractivity contribution is 5.87. The van der Waals surface area contributed by atoms with Crippen LogP contribution in [0.4, 0.5) is 0 Å². The minimum Gasteiger partial charge on any atom is -0.478 e. The van der Waals surface area contributed by atoms with Crippen LogP contribution in [0.5, 0.6) is 0 Å². The Hall–Kier alpha value is -2.62. The fourth-order valence-corrected chi connectivity index (χ4v) is 2.47. The number of benzene rings is 2. The predicted octanol–water partition coefficient (Wildman–Crippen LogP) is 3.24. The summed E-state index contributed by atoms with van der Waals surface area (Å²) in [7, 11) is 0. The molecule has 0 aliphatic rings. The fourth-order valence-electron chi connectivity index (χ4n) is 2.47. The van der Waals surface area contributed by atoms with Gasteiger partial charge in [0.2, 0.25) is 5.91 Å². The summed E-state index contributed by atoms with van der Waals surface area (Å²) in [6.07, 6.45) is 1.21. The molecule has 2 aromatic carbocycles. The molecule has 2 rings (SSSR count). The van der Waals surface area contributed by atoms with Gasteiger partial charge in [-0.2, -0.15) is 0 Å². The van der Waals surface area contributed by atoms with E-state index in [-0.39, 0.29) is 17.9 Å². The monoisotopic (exact) mass is 311 g/mol. The second kappa shape index (κ2) is 8.13. The van der Waals surface area contributed by atoms with E-state index in [1.807, 2.05) is 18.2 Å². The van der Waals surface area contributed by atoms with Crippen molar-refractivity contribution in [2.75, 3.05) is 6.54 Å². The van der Waals surface area contributed by atoms with Gasteiger partial charge in [0.05, 0.1) is 12.0 Å². The summed E-state index contributed by atoms with van der Waals surface area (Å²) in [5.41, 5.74) is 2.26. The Labute approximate surface area is 136 Å². The average Bonchev–Trinajstić information content (AvgIpc) is 2.57. The SMILES string of the molecule is CCC(CNC(=O)Cc1ccc(C(=O)O)cc1)c1ccccc1. The molecule has 0 radical (unpaired) electrons. The molecule has 0 fully saturated rings. The number of aromatic carboxylic acids is 1. The highest BCUT2D eigenvalue weighted by Gasteiger charge is 2.11. The number of amides is 1. The molecular weight excluding hydrogens is 290 g/mol. The molecule has 0 aromatic heterocycles. The van der Waals surface area contributed by atoms with Crippen LogP contribution in [-0.4, -0.2) is 23.5 Å². The van der Waals surface area contributed by atoms with Crippen molar-refractivity contribution < 1.29 is 14.7 Å². The normalized spacial score (nSPS) is 11.7. The molecule has 0 bridgehead atoms. The molecule has 2 N–H and O–H groups in total. The van der Waals surface area contributed by atoms with E-state index < -0.39 is 5.97 Å². The lowest BCUT2D eigenvalue weighted by Crippen LogP contribution is -2.29. The van der Waals surface area contributed by atoms with E-state index in [1.54, 1.807) is 12.1 Å². The first-order valence-corrected chi connectivity index (χ1v) is 7.74. The molecule has 4 heteroatoms. The molecule has 0 spiro atoms. The topological polar surface area (TPSA) is 66.4 Å². The van der Waals surface area contributed by atoms with Gasteiger partial charge in [0.15, 0.2) is 0 Å². The first-order chi connectivity index (χ1) is 11.1. The van der Waals surface area contributed by atoms with Gasteiger partial charge in [0.1, 0.15) is 0 Å². The van der Waals surface area contributed by atoms with Crippen LogP contribution in [0.3, 0.4) is 0 Å². The van der Waals surface area contributed by atoms with Crippen molar-refractivity contribution in [2.45, 2.75) is 25.7 Å². The summed E-state index contributed by atoms with van der Waals surface area (Å²) in [6, 6.07) is 16.5. The van der Waals surface area contributed by atoms with Crippen LogP contribution in [0.15, 0.2) is 54.6 Å². The number of carbonyl (C=O) groups excluding carboxylic acids is 1. The van der Waals surface area contributed by atoms with Crippen LogP contribution in [0.2, 0.25) is 0 Å². The molecule has 0 saturated heterocycles. The third-order valence-electron chi connectivity index (χ3n) is 3.87. The summed E-state index contributed by atoms with van der Waals surface area (Å²) >= 11 is 0. The Bertz CT molecular complexity index is 650. The average molecular weight is 311 g/mol. The number of rotatable bonds is 7. The van der Waals surface area contributed by atoms with Crippen molar-refractivity contribution in [1.29, 1.82) is 0 Å². The molecule has 1 amide bonds. The Morgan fingerprint density at radius 2 is 1.70 bits per heavy atom. The zero-order valence-electron chi connectivity index (χ0n) is 13.2. The van der Waals surface area contributed by atoms with Gasteiger partial charge in [0, 0.05) is 12.5 Å². The van der Waals surface area contributed by atoms with E-state index in [9.17, 15) is 9.59 Å². The first kappa shape index (κ1) is 16.7. The number of hydrogen-bond donors (Lipinski definition) is 2. The third-order valence-corrected chi connectivity index (χ3v) is 3.87. The van der Waals surface area contributed by atoms with Crippen LogP contribution < -0.4 is 5.32 Å². The second-order valence-electron chi connectivity index (χ2n) is 5.50. The van der Waals surface area contributed by atoms with Gasteiger partial charge in [-0.3, -0.25) is 4.79 Å². The molecule has 23 heavy (non-hydrogen) atoms. The van der Waals surface area contributed by atoms with E-state index in [4.69, 9.17) is 5.11 Å². The van der Waals surface area contributed by atoms with E-state index >= 15 is 0 Å². The van der Waals surface area contributed by atoms with Gasteiger partial charge in [-0.25, -0.2) is 4.79 Å². The summed E-state index contributed by atoms with van der Waals surface area (Å²) in [4.78, 5) is 22.9. The maximum atomic E-state index is 12.1.